The van der Waals surface area contributed by atoms with Crippen molar-refractivity contribution < 1.29 is 9.18 Å². The molecule has 0 spiro atoms. The Labute approximate surface area is 175 Å². The second-order valence-electron chi connectivity index (χ2n) is 6.75. The summed E-state index contributed by atoms with van der Waals surface area (Å²) in [6, 6.07) is 21.2. The zero-order valence-corrected chi connectivity index (χ0v) is 17.0. The fourth-order valence-electron chi connectivity index (χ4n) is 2.82. The lowest BCUT2D eigenvalue weighted by molar-refractivity contribution is 0.102. The highest BCUT2D eigenvalue weighted by Crippen LogP contribution is 2.18. The van der Waals surface area contributed by atoms with Crippen LogP contribution in [-0.2, 0) is 0 Å². The molecule has 1 amide bonds. The normalized spacial score (nSPS) is 11.4. The third-order valence-corrected chi connectivity index (χ3v) is 4.64. The summed E-state index contributed by atoms with van der Waals surface area (Å²) < 4.78 is 13.8. The summed E-state index contributed by atoms with van der Waals surface area (Å²) in [5, 5.41) is 9.52. The highest BCUT2D eigenvalue weighted by Gasteiger charge is 2.11. The predicted molar refractivity (Wildman–Crippen MR) is 120 cm³/mol. The standard InChI is InChI=1S/C23H22FN3OS/c1-15-10-12-17(13-11-15)16(2)25-23(29)27-19-7-5-6-18(14-19)26-22(28)20-8-3-4-9-21(20)24/h3-14,16H,1-2H3,(H,26,28)(H2,25,27,29)/t16-/m1/s1. The van der Waals surface area contributed by atoms with Crippen LogP contribution in [-0.4, -0.2) is 11.0 Å². The largest absolute Gasteiger partial charge is 0.356 e. The van der Waals surface area contributed by atoms with Gasteiger partial charge in [0.15, 0.2) is 5.11 Å². The maximum absolute atomic E-state index is 13.8. The van der Waals surface area contributed by atoms with Gasteiger partial charge in [-0.2, -0.15) is 0 Å². The maximum Gasteiger partial charge on any atom is 0.258 e. The second kappa shape index (κ2) is 9.30. The van der Waals surface area contributed by atoms with Crippen LogP contribution in [0.25, 0.3) is 0 Å². The van der Waals surface area contributed by atoms with E-state index in [1.807, 2.05) is 19.9 Å². The molecule has 3 aromatic rings. The van der Waals surface area contributed by atoms with E-state index in [0.29, 0.717) is 16.5 Å². The summed E-state index contributed by atoms with van der Waals surface area (Å²) in [4.78, 5) is 12.3. The van der Waals surface area contributed by atoms with Crippen molar-refractivity contribution in [3.63, 3.8) is 0 Å². The van der Waals surface area contributed by atoms with Crippen LogP contribution in [0.15, 0.2) is 72.8 Å². The van der Waals surface area contributed by atoms with Gasteiger partial charge in [-0.3, -0.25) is 4.79 Å². The van der Waals surface area contributed by atoms with Crippen molar-refractivity contribution in [1.82, 2.24) is 5.32 Å². The first-order valence-corrected chi connectivity index (χ1v) is 9.63. The maximum atomic E-state index is 13.8. The van der Waals surface area contributed by atoms with Crippen LogP contribution in [0.5, 0.6) is 0 Å². The Kier molecular flexibility index (Phi) is 6.57. The summed E-state index contributed by atoms with van der Waals surface area (Å²) in [5.74, 6) is -1.07. The number of carbonyl (C=O) groups excluding carboxylic acids is 1. The minimum atomic E-state index is -0.560. The van der Waals surface area contributed by atoms with E-state index in [9.17, 15) is 9.18 Å². The van der Waals surface area contributed by atoms with Crippen LogP contribution < -0.4 is 16.0 Å². The minimum Gasteiger partial charge on any atom is -0.356 e. The zero-order valence-electron chi connectivity index (χ0n) is 16.2. The fraction of sp³-hybridized carbons (Fsp3) is 0.130. The van der Waals surface area contributed by atoms with Crippen molar-refractivity contribution in [1.29, 1.82) is 0 Å². The number of aryl methyl sites for hydroxylation is 1. The quantitative estimate of drug-likeness (QED) is 0.494. The number of carbonyl (C=O) groups is 1. The van der Waals surface area contributed by atoms with Crippen LogP contribution in [0.3, 0.4) is 0 Å². The minimum absolute atomic E-state index is 0.00466. The number of benzene rings is 3. The Bertz CT molecular complexity index is 1020. The molecule has 0 bridgehead atoms. The van der Waals surface area contributed by atoms with E-state index in [1.165, 1.54) is 17.7 Å². The van der Waals surface area contributed by atoms with E-state index in [0.717, 1.165) is 5.56 Å². The average Bonchev–Trinajstić information content (AvgIpc) is 2.69. The Morgan fingerprint density at radius 2 is 1.59 bits per heavy atom. The highest BCUT2D eigenvalue weighted by molar-refractivity contribution is 7.80. The lowest BCUT2D eigenvalue weighted by Gasteiger charge is -2.18. The lowest BCUT2D eigenvalue weighted by Crippen LogP contribution is -2.30. The molecule has 1 atom stereocenters. The third kappa shape index (κ3) is 5.62. The van der Waals surface area contributed by atoms with Crippen molar-refractivity contribution in [2.75, 3.05) is 10.6 Å². The number of hydrogen-bond acceptors (Lipinski definition) is 2. The van der Waals surface area contributed by atoms with Crippen LogP contribution >= 0.6 is 12.2 Å². The first kappa shape index (κ1) is 20.5. The van der Waals surface area contributed by atoms with Gasteiger partial charge in [0.2, 0.25) is 0 Å². The number of halogens is 1. The van der Waals surface area contributed by atoms with Crippen LogP contribution in [0.1, 0.15) is 34.5 Å². The van der Waals surface area contributed by atoms with Gasteiger partial charge in [0.05, 0.1) is 11.6 Å². The molecule has 0 radical (unpaired) electrons. The third-order valence-electron chi connectivity index (χ3n) is 4.42. The van der Waals surface area contributed by atoms with Crippen molar-refractivity contribution in [3.05, 3.63) is 95.3 Å². The summed E-state index contributed by atoms with van der Waals surface area (Å²) in [7, 11) is 0. The van der Waals surface area contributed by atoms with E-state index < -0.39 is 11.7 Å². The van der Waals surface area contributed by atoms with Crippen LogP contribution in [0.2, 0.25) is 0 Å². The van der Waals surface area contributed by atoms with Gasteiger partial charge in [-0.05, 0) is 62.0 Å². The van der Waals surface area contributed by atoms with Gasteiger partial charge >= 0.3 is 0 Å². The van der Waals surface area contributed by atoms with E-state index >= 15 is 0 Å². The Hall–Kier alpha value is -3.25. The molecule has 0 aromatic heterocycles. The molecule has 0 aliphatic heterocycles. The van der Waals surface area contributed by atoms with Gasteiger partial charge in [0.25, 0.3) is 5.91 Å². The van der Waals surface area contributed by atoms with Gasteiger partial charge in [-0.15, -0.1) is 0 Å². The van der Waals surface area contributed by atoms with Crippen LogP contribution in [0, 0.1) is 12.7 Å². The first-order chi connectivity index (χ1) is 13.9. The molecule has 0 aliphatic carbocycles. The first-order valence-electron chi connectivity index (χ1n) is 9.22. The van der Waals surface area contributed by atoms with Gasteiger partial charge in [0, 0.05) is 11.4 Å². The zero-order chi connectivity index (χ0) is 20.8. The van der Waals surface area contributed by atoms with Crippen molar-refractivity contribution in [2.45, 2.75) is 19.9 Å². The second-order valence-corrected chi connectivity index (χ2v) is 7.15. The lowest BCUT2D eigenvalue weighted by atomic mass is 10.1. The molecule has 0 heterocycles. The molecule has 29 heavy (non-hydrogen) atoms. The summed E-state index contributed by atoms with van der Waals surface area (Å²) in [6.07, 6.45) is 0. The molecule has 0 saturated heterocycles. The molecule has 0 unspecified atom stereocenters. The fourth-order valence-corrected chi connectivity index (χ4v) is 3.12. The summed E-state index contributed by atoms with van der Waals surface area (Å²) in [6.45, 7) is 4.08. The van der Waals surface area contributed by atoms with Crippen molar-refractivity contribution in [2.24, 2.45) is 0 Å². The molecule has 3 aromatic carbocycles. The average molecular weight is 408 g/mol. The Morgan fingerprint density at radius 1 is 0.931 bits per heavy atom. The molecule has 3 N–H and O–H groups in total. The van der Waals surface area contributed by atoms with E-state index in [1.54, 1.807) is 30.3 Å². The molecule has 6 heteroatoms. The molecule has 148 valence electrons. The molecule has 0 saturated carbocycles. The van der Waals surface area contributed by atoms with Gasteiger partial charge in [-0.25, -0.2) is 4.39 Å². The number of nitrogens with one attached hydrogen (secondary N) is 3. The Balaban J connectivity index is 1.62. The molecular weight excluding hydrogens is 385 g/mol. The molecule has 0 aliphatic rings. The van der Waals surface area contributed by atoms with E-state index in [4.69, 9.17) is 12.2 Å². The number of thiocarbonyl (C=S) groups is 1. The summed E-state index contributed by atoms with van der Waals surface area (Å²) in [5.41, 5.74) is 3.58. The molecule has 4 nitrogen and oxygen atoms in total. The van der Waals surface area contributed by atoms with E-state index in [2.05, 4.69) is 40.2 Å². The van der Waals surface area contributed by atoms with Gasteiger partial charge in [0.1, 0.15) is 5.82 Å². The number of amides is 1. The van der Waals surface area contributed by atoms with Gasteiger partial charge < -0.3 is 16.0 Å². The van der Waals surface area contributed by atoms with Crippen LogP contribution in [0.4, 0.5) is 15.8 Å². The monoisotopic (exact) mass is 407 g/mol. The van der Waals surface area contributed by atoms with Crippen molar-refractivity contribution >= 4 is 34.6 Å². The smallest absolute Gasteiger partial charge is 0.258 e. The molecular formula is C23H22FN3OS. The SMILES string of the molecule is Cc1ccc([C@@H](C)NC(=S)Nc2cccc(NC(=O)c3ccccc3F)c2)cc1. The molecule has 0 fully saturated rings. The number of hydrogen-bond donors (Lipinski definition) is 3. The Morgan fingerprint density at radius 3 is 2.28 bits per heavy atom. The predicted octanol–water partition coefficient (Wildman–Crippen LogP) is 5.43. The topological polar surface area (TPSA) is 53.2 Å². The van der Waals surface area contributed by atoms with Gasteiger partial charge in [-0.1, -0.05) is 48.0 Å². The van der Waals surface area contributed by atoms with Crippen molar-refractivity contribution in [3.8, 4) is 0 Å². The highest BCUT2D eigenvalue weighted by atomic mass is 32.1. The summed E-state index contributed by atoms with van der Waals surface area (Å²) >= 11 is 5.40. The number of rotatable bonds is 5. The number of anilines is 2. The van der Waals surface area contributed by atoms with E-state index in [-0.39, 0.29) is 11.6 Å². The molecule has 3 rings (SSSR count).